The third kappa shape index (κ3) is 3.65. The van der Waals surface area contributed by atoms with Crippen molar-refractivity contribution in [3.63, 3.8) is 0 Å². The Balaban J connectivity index is 2.11. The lowest BCUT2D eigenvalue weighted by Crippen LogP contribution is -2.13. The summed E-state index contributed by atoms with van der Waals surface area (Å²) in [7, 11) is 3.17. The van der Waals surface area contributed by atoms with E-state index in [1.807, 2.05) is 53.1 Å². The van der Waals surface area contributed by atoms with Crippen molar-refractivity contribution in [2.75, 3.05) is 20.0 Å². The lowest BCUT2D eigenvalue weighted by Gasteiger charge is -2.12. The summed E-state index contributed by atoms with van der Waals surface area (Å²) in [5, 5.41) is 9.13. The van der Waals surface area contributed by atoms with Gasteiger partial charge < -0.3 is 15.2 Å². The monoisotopic (exact) mass is 370 g/mol. The first-order chi connectivity index (χ1) is 12.6. The molecule has 0 saturated carbocycles. The van der Waals surface area contributed by atoms with Crippen LogP contribution in [-0.2, 0) is 4.79 Å². The fraction of sp³-hybridized carbons (Fsp3) is 0.167. The molecule has 0 saturated heterocycles. The number of carbonyl (C=O) groups excluding carboxylic acids is 1. The average molecular weight is 370 g/mol. The number of primary amides is 1. The van der Waals surface area contributed by atoms with Gasteiger partial charge in [0.15, 0.2) is 22.5 Å². The molecule has 0 radical (unpaired) electrons. The molecule has 134 valence electrons. The molecule has 0 aliphatic heterocycles. The van der Waals surface area contributed by atoms with E-state index in [2.05, 4.69) is 10.2 Å². The van der Waals surface area contributed by atoms with Crippen LogP contribution in [0.1, 0.15) is 0 Å². The number of para-hydroxylation sites is 1. The lowest BCUT2D eigenvalue weighted by atomic mass is 10.2. The Labute approximate surface area is 155 Å². The van der Waals surface area contributed by atoms with Crippen LogP contribution >= 0.6 is 11.8 Å². The summed E-state index contributed by atoms with van der Waals surface area (Å²) >= 11 is 1.24. The molecule has 3 rings (SSSR count). The van der Waals surface area contributed by atoms with Gasteiger partial charge in [0.2, 0.25) is 5.91 Å². The van der Waals surface area contributed by atoms with Crippen LogP contribution in [0.15, 0.2) is 53.7 Å². The van der Waals surface area contributed by atoms with Crippen LogP contribution in [0.5, 0.6) is 11.5 Å². The summed E-state index contributed by atoms with van der Waals surface area (Å²) < 4.78 is 12.6. The van der Waals surface area contributed by atoms with Crippen LogP contribution in [0.25, 0.3) is 17.1 Å². The van der Waals surface area contributed by atoms with Gasteiger partial charge in [0.25, 0.3) is 0 Å². The molecule has 0 atom stereocenters. The number of carbonyl (C=O) groups is 1. The van der Waals surface area contributed by atoms with Crippen molar-refractivity contribution in [3.05, 3.63) is 48.5 Å². The van der Waals surface area contributed by atoms with Crippen LogP contribution in [0.2, 0.25) is 0 Å². The standard InChI is InChI=1S/C18H18N4O3S/c1-24-14-9-8-12(10-15(14)25-2)17-20-21-18(26-11-16(19)23)22(17)13-6-4-3-5-7-13/h3-10H,11H2,1-2H3,(H2,19,23). The Bertz CT molecular complexity index is 912. The summed E-state index contributed by atoms with van der Waals surface area (Å²) in [6, 6.07) is 15.2. The molecule has 8 heteroatoms. The minimum Gasteiger partial charge on any atom is -0.493 e. The van der Waals surface area contributed by atoms with E-state index in [9.17, 15) is 4.79 Å². The molecule has 1 aromatic heterocycles. The molecule has 1 heterocycles. The Kier molecular flexibility index (Phi) is 5.43. The minimum absolute atomic E-state index is 0.122. The number of benzene rings is 2. The highest BCUT2D eigenvalue weighted by molar-refractivity contribution is 7.99. The van der Waals surface area contributed by atoms with Gasteiger partial charge in [-0.25, -0.2) is 0 Å². The fourth-order valence-corrected chi connectivity index (χ4v) is 3.16. The van der Waals surface area contributed by atoms with E-state index < -0.39 is 5.91 Å². The zero-order chi connectivity index (χ0) is 18.5. The van der Waals surface area contributed by atoms with Crippen LogP contribution in [0.3, 0.4) is 0 Å². The third-order valence-corrected chi connectivity index (χ3v) is 4.58. The quantitative estimate of drug-likeness (QED) is 0.643. The molecule has 0 spiro atoms. The van der Waals surface area contributed by atoms with Gasteiger partial charge in [-0.15, -0.1) is 10.2 Å². The zero-order valence-electron chi connectivity index (χ0n) is 14.4. The van der Waals surface area contributed by atoms with Crippen LogP contribution in [-0.4, -0.2) is 40.6 Å². The van der Waals surface area contributed by atoms with Gasteiger partial charge in [-0.3, -0.25) is 9.36 Å². The van der Waals surface area contributed by atoms with Gasteiger partial charge in [-0.1, -0.05) is 30.0 Å². The topological polar surface area (TPSA) is 92.3 Å². The van der Waals surface area contributed by atoms with Gasteiger partial charge in [0.05, 0.1) is 20.0 Å². The van der Waals surface area contributed by atoms with Crippen molar-refractivity contribution in [1.29, 1.82) is 0 Å². The molecule has 7 nitrogen and oxygen atoms in total. The molecule has 3 aromatic rings. The van der Waals surface area contributed by atoms with Crippen LogP contribution < -0.4 is 15.2 Å². The van der Waals surface area contributed by atoms with E-state index in [0.717, 1.165) is 11.3 Å². The number of aromatic nitrogens is 3. The van der Waals surface area contributed by atoms with E-state index in [1.165, 1.54) is 11.8 Å². The molecule has 2 N–H and O–H groups in total. The van der Waals surface area contributed by atoms with Crippen molar-refractivity contribution >= 4 is 17.7 Å². The molecule has 0 aliphatic rings. The van der Waals surface area contributed by atoms with Crippen molar-refractivity contribution in [1.82, 2.24) is 14.8 Å². The number of methoxy groups -OCH3 is 2. The first kappa shape index (κ1) is 17.8. The number of ether oxygens (including phenoxy) is 2. The normalized spacial score (nSPS) is 10.5. The third-order valence-electron chi connectivity index (χ3n) is 3.63. The van der Waals surface area contributed by atoms with Crippen molar-refractivity contribution in [2.45, 2.75) is 5.16 Å². The van der Waals surface area contributed by atoms with Gasteiger partial charge >= 0.3 is 0 Å². The molecule has 1 amide bonds. The summed E-state index contributed by atoms with van der Waals surface area (Å²) in [4.78, 5) is 11.2. The number of hydrogen-bond acceptors (Lipinski definition) is 6. The molecular weight excluding hydrogens is 352 g/mol. The smallest absolute Gasteiger partial charge is 0.227 e. The van der Waals surface area contributed by atoms with E-state index in [0.29, 0.717) is 22.5 Å². The zero-order valence-corrected chi connectivity index (χ0v) is 15.2. The molecule has 26 heavy (non-hydrogen) atoms. The van der Waals surface area contributed by atoms with Crippen molar-refractivity contribution in [2.24, 2.45) is 5.73 Å². The Morgan fingerprint density at radius 1 is 1.08 bits per heavy atom. The Morgan fingerprint density at radius 3 is 2.46 bits per heavy atom. The first-order valence-electron chi connectivity index (χ1n) is 7.78. The maximum Gasteiger partial charge on any atom is 0.227 e. The number of nitrogens with zero attached hydrogens (tertiary/aromatic N) is 3. The van der Waals surface area contributed by atoms with E-state index in [4.69, 9.17) is 15.2 Å². The van der Waals surface area contributed by atoms with Crippen LogP contribution in [0, 0.1) is 0 Å². The Morgan fingerprint density at radius 2 is 1.81 bits per heavy atom. The van der Waals surface area contributed by atoms with E-state index >= 15 is 0 Å². The second-order valence-electron chi connectivity index (χ2n) is 5.30. The van der Waals surface area contributed by atoms with Gasteiger partial charge in [-0.05, 0) is 30.3 Å². The molecule has 0 unspecified atom stereocenters. The summed E-state index contributed by atoms with van der Waals surface area (Å²) in [5.41, 5.74) is 6.96. The molecule has 0 fully saturated rings. The highest BCUT2D eigenvalue weighted by Crippen LogP contribution is 2.34. The van der Waals surface area contributed by atoms with Crippen molar-refractivity contribution in [3.8, 4) is 28.6 Å². The summed E-state index contributed by atoms with van der Waals surface area (Å²) in [6.07, 6.45) is 0. The highest BCUT2D eigenvalue weighted by Gasteiger charge is 2.18. The Hall–Kier alpha value is -3.00. The highest BCUT2D eigenvalue weighted by atomic mass is 32.2. The predicted octanol–water partition coefficient (Wildman–Crippen LogP) is 2.53. The SMILES string of the molecule is COc1ccc(-c2nnc(SCC(N)=O)n2-c2ccccc2)cc1OC. The molecule has 0 aliphatic carbocycles. The van der Waals surface area contributed by atoms with Crippen LogP contribution in [0.4, 0.5) is 0 Å². The van der Waals surface area contributed by atoms with E-state index in [1.54, 1.807) is 14.2 Å². The number of hydrogen-bond donors (Lipinski definition) is 1. The number of amides is 1. The number of nitrogens with two attached hydrogens (primary N) is 1. The van der Waals surface area contributed by atoms with Crippen molar-refractivity contribution < 1.29 is 14.3 Å². The molecule has 0 bridgehead atoms. The first-order valence-corrected chi connectivity index (χ1v) is 8.77. The largest absolute Gasteiger partial charge is 0.493 e. The summed E-state index contributed by atoms with van der Waals surface area (Å²) in [5.74, 6) is 1.57. The van der Waals surface area contributed by atoms with Gasteiger partial charge in [0.1, 0.15) is 0 Å². The maximum absolute atomic E-state index is 11.2. The summed E-state index contributed by atoms with van der Waals surface area (Å²) in [6.45, 7) is 0. The molecule has 2 aromatic carbocycles. The number of thioether (sulfide) groups is 1. The second kappa shape index (κ2) is 7.92. The predicted molar refractivity (Wildman–Crippen MR) is 99.8 cm³/mol. The number of rotatable bonds is 7. The molecular formula is C18H18N4O3S. The van der Waals surface area contributed by atoms with Gasteiger partial charge in [-0.2, -0.15) is 0 Å². The van der Waals surface area contributed by atoms with E-state index in [-0.39, 0.29) is 5.75 Å². The average Bonchev–Trinajstić information content (AvgIpc) is 3.10. The lowest BCUT2D eigenvalue weighted by molar-refractivity contribution is -0.115. The maximum atomic E-state index is 11.2. The second-order valence-corrected chi connectivity index (χ2v) is 6.24. The van der Waals surface area contributed by atoms with Gasteiger partial charge in [0, 0.05) is 11.3 Å². The minimum atomic E-state index is -0.412. The fourth-order valence-electron chi connectivity index (χ4n) is 2.47.